The number of carboxylic acid groups (broad SMARTS) is 1. The second-order valence-electron chi connectivity index (χ2n) is 5.66. The molecule has 0 aliphatic rings. The summed E-state index contributed by atoms with van der Waals surface area (Å²) in [6.07, 6.45) is 0.377. The zero-order valence-electron chi connectivity index (χ0n) is 13.6. The van der Waals surface area contributed by atoms with Gasteiger partial charge in [0.15, 0.2) is 11.6 Å². The monoisotopic (exact) mass is 469 g/mol. The lowest BCUT2D eigenvalue weighted by atomic mass is 10.0. The highest BCUT2D eigenvalue weighted by atomic mass is 127. The highest BCUT2D eigenvalue weighted by Gasteiger charge is 2.15. The van der Waals surface area contributed by atoms with E-state index >= 15 is 0 Å². The Morgan fingerprint density at radius 2 is 1.92 bits per heavy atom. The van der Waals surface area contributed by atoms with Crippen molar-refractivity contribution >= 4 is 28.7 Å². The fraction of sp³-hybridized carbons (Fsp3) is 0.111. The molecule has 2 aromatic carbocycles. The van der Waals surface area contributed by atoms with Crippen LogP contribution in [0.2, 0.25) is 0 Å². The van der Waals surface area contributed by atoms with Gasteiger partial charge in [-0.3, -0.25) is 0 Å². The second-order valence-corrected chi connectivity index (χ2v) is 6.91. The van der Waals surface area contributed by atoms with E-state index in [0.717, 1.165) is 21.4 Å². The number of carbonyl (C=O) groups is 1. The molecule has 0 radical (unpaired) electrons. The number of benzene rings is 2. The average molecular weight is 469 g/mol. The van der Waals surface area contributed by atoms with Crippen LogP contribution in [0.1, 0.15) is 11.1 Å². The molecule has 0 unspecified atom stereocenters. The Hall–Kier alpha value is -2.49. The normalized spacial score (nSPS) is 10.8. The van der Waals surface area contributed by atoms with Crippen molar-refractivity contribution in [3.05, 3.63) is 68.9 Å². The van der Waals surface area contributed by atoms with Crippen molar-refractivity contribution in [3.8, 4) is 16.9 Å². The molecule has 1 aromatic heterocycles. The van der Waals surface area contributed by atoms with E-state index in [1.54, 1.807) is 12.1 Å². The van der Waals surface area contributed by atoms with Gasteiger partial charge >= 0.3 is 6.09 Å². The smallest absolute Gasteiger partial charge is 0.404 e. The Morgan fingerprint density at radius 1 is 1.23 bits per heavy atom. The van der Waals surface area contributed by atoms with Gasteiger partial charge in [-0.1, -0.05) is 12.1 Å². The molecule has 3 rings (SSSR count). The zero-order chi connectivity index (χ0) is 18.8. The molecule has 3 aromatic rings. The van der Waals surface area contributed by atoms with Crippen LogP contribution in [0.4, 0.5) is 13.6 Å². The van der Waals surface area contributed by atoms with Gasteiger partial charge in [0, 0.05) is 21.9 Å². The van der Waals surface area contributed by atoms with Crippen molar-refractivity contribution in [2.45, 2.75) is 13.5 Å². The van der Waals surface area contributed by atoms with Gasteiger partial charge in [-0.05, 0) is 64.9 Å². The minimum atomic E-state index is -1.11. The van der Waals surface area contributed by atoms with Crippen LogP contribution >= 0.6 is 22.6 Å². The first-order chi connectivity index (χ1) is 12.3. The van der Waals surface area contributed by atoms with Crippen molar-refractivity contribution in [1.29, 1.82) is 0 Å². The molecular formula is C18H14F2IN3O2. The Balaban J connectivity index is 1.96. The molecule has 0 atom stereocenters. The largest absolute Gasteiger partial charge is 0.465 e. The third-order valence-electron chi connectivity index (χ3n) is 3.87. The number of nitrogens with one attached hydrogen (secondary N) is 1. The van der Waals surface area contributed by atoms with E-state index in [4.69, 9.17) is 5.11 Å². The van der Waals surface area contributed by atoms with Crippen LogP contribution in [-0.2, 0) is 6.54 Å². The van der Waals surface area contributed by atoms with E-state index in [9.17, 15) is 13.6 Å². The molecular weight excluding hydrogens is 455 g/mol. The molecule has 0 fully saturated rings. The van der Waals surface area contributed by atoms with Crippen LogP contribution in [0.25, 0.3) is 16.9 Å². The Bertz CT molecular complexity index is 965. The number of hydrogen-bond donors (Lipinski definition) is 2. The van der Waals surface area contributed by atoms with Gasteiger partial charge in [0.2, 0.25) is 0 Å². The molecule has 1 heterocycles. The number of hydrogen-bond acceptors (Lipinski definition) is 2. The molecule has 0 spiro atoms. The van der Waals surface area contributed by atoms with Crippen LogP contribution in [0, 0.1) is 22.1 Å². The van der Waals surface area contributed by atoms with E-state index in [0.29, 0.717) is 9.26 Å². The first kappa shape index (κ1) is 18.3. The lowest BCUT2D eigenvalue weighted by Gasteiger charge is -2.08. The standard InChI is InChI=1S/C18H14F2IN3O2/c1-10-2-3-11(6-12(10)9-22-18(25)26)16-4-5-24(23-16)17-14(19)7-13(21)8-15(17)20/h2-8,22H,9H2,1H3,(H,25,26). The van der Waals surface area contributed by atoms with Gasteiger partial charge in [-0.15, -0.1) is 0 Å². The molecule has 0 aliphatic heterocycles. The summed E-state index contributed by atoms with van der Waals surface area (Å²) in [6.45, 7) is 2.04. The summed E-state index contributed by atoms with van der Waals surface area (Å²) < 4.78 is 29.9. The van der Waals surface area contributed by atoms with E-state index in [1.807, 2.05) is 41.6 Å². The third-order valence-corrected chi connectivity index (χ3v) is 4.50. The van der Waals surface area contributed by atoms with Crippen molar-refractivity contribution < 1.29 is 18.7 Å². The molecule has 134 valence electrons. The highest BCUT2D eigenvalue weighted by molar-refractivity contribution is 14.1. The van der Waals surface area contributed by atoms with E-state index in [2.05, 4.69) is 10.4 Å². The number of aryl methyl sites for hydroxylation is 1. The van der Waals surface area contributed by atoms with Gasteiger partial charge in [0.1, 0.15) is 5.69 Å². The minimum absolute atomic E-state index is 0.163. The minimum Gasteiger partial charge on any atom is -0.465 e. The van der Waals surface area contributed by atoms with Crippen molar-refractivity contribution in [2.75, 3.05) is 0 Å². The number of aromatic nitrogens is 2. The molecule has 1 amide bonds. The number of rotatable bonds is 4. The van der Waals surface area contributed by atoms with Gasteiger partial charge < -0.3 is 10.4 Å². The maximum Gasteiger partial charge on any atom is 0.404 e. The van der Waals surface area contributed by atoms with Crippen LogP contribution in [0.3, 0.4) is 0 Å². The van der Waals surface area contributed by atoms with Gasteiger partial charge in [0.05, 0.1) is 5.69 Å². The first-order valence-corrected chi connectivity index (χ1v) is 8.70. The zero-order valence-corrected chi connectivity index (χ0v) is 15.8. The van der Waals surface area contributed by atoms with Crippen LogP contribution in [0.5, 0.6) is 0 Å². The van der Waals surface area contributed by atoms with Gasteiger partial charge in [-0.25, -0.2) is 18.3 Å². The molecule has 5 nitrogen and oxygen atoms in total. The van der Waals surface area contributed by atoms with Crippen molar-refractivity contribution in [2.24, 2.45) is 0 Å². The number of nitrogens with zero attached hydrogens (tertiary/aromatic N) is 2. The fourth-order valence-corrected chi connectivity index (χ4v) is 3.09. The van der Waals surface area contributed by atoms with Crippen LogP contribution in [-0.4, -0.2) is 21.0 Å². The second kappa shape index (κ2) is 7.40. The summed E-state index contributed by atoms with van der Waals surface area (Å²) in [6, 6.07) is 9.60. The molecule has 0 saturated heterocycles. The Kier molecular flexibility index (Phi) is 5.21. The highest BCUT2D eigenvalue weighted by Crippen LogP contribution is 2.25. The predicted octanol–water partition coefficient (Wildman–Crippen LogP) is 4.50. The molecule has 26 heavy (non-hydrogen) atoms. The maximum atomic E-state index is 14.1. The average Bonchev–Trinajstić information content (AvgIpc) is 3.02. The van der Waals surface area contributed by atoms with Crippen LogP contribution < -0.4 is 5.32 Å². The molecule has 2 N–H and O–H groups in total. The van der Waals surface area contributed by atoms with Gasteiger partial charge in [0.25, 0.3) is 0 Å². The summed E-state index contributed by atoms with van der Waals surface area (Å²) in [7, 11) is 0. The summed E-state index contributed by atoms with van der Waals surface area (Å²) >= 11 is 1.84. The maximum absolute atomic E-state index is 14.1. The third kappa shape index (κ3) is 3.85. The van der Waals surface area contributed by atoms with E-state index < -0.39 is 17.7 Å². The molecule has 0 aliphatic carbocycles. The predicted molar refractivity (Wildman–Crippen MR) is 101 cm³/mol. The summed E-state index contributed by atoms with van der Waals surface area (Å²) in [4.78, 5) is 10.7. The Morgan fingerprint density at radius 3 is 2.58 bits per heavy atom. The lowest BCUT2D eigenvalue weighted by Crippen LogP contribution is -2.20. The quantitative estimate of drug-likeness (QED) is 0.554. The van der Waals surface area contributed by atoms with Crippen LogP contribution in [0.15, 0.2) is 42.6 Å². The van der Waals surface area contributed by atoms with E-state index in [1.165, 1.54) is 18.3 Å². The summed E-state index contributed by atoms with van der Waals surface area (Å²) in [5.41, 5.74) is 2.74. The molecule has 8 heteroatoms. The SMILES string of the molecule is Cc1ccc(-c2ccn(-c3c(F)cc(I)cc3F)n2)cc1CNC(=O)O. The number of amides is 1. The topological polar surface area (TPSA) is 67.2 Å². The fourth-order valence-electron chi connectivity index (χ4n) is 2.55. The summed E-state index contributed by atoms with van der Waals surface area (Å²) in [5.74, 6) is -1.39. The lowest BCUT2D eigenvalue weighted by molar-refractivity contribution is 0.194. The molecule has 0 saturated carbocycles. The van der Waals surface area contributed by atoms with Gasteiger partial charge in [-0.2, -0.15) is 5.10 Å². The molecule has 0 bridgehead atoms. The number of halogens is 3. The first-order valence-electron chi connectivity index (χ1n) is 7.62. The van der Waals surface area contributed by atoms with Crippen molar-refractivity contribution in [1.82, 2.24) is 15.1 Å². The van der Waals surface area contributed by atoms with E-state index in [-0.39, 0.29) is 12.2 Å². The van der Waals surface area contributed by atoms with Crippen molar-refractivity contribution in [3.63, 3.8) is 0 Å². The summed E-state index contributed by atoms with van der Waals surface area (Å²) in [5, 5.41) is 15.3. The Labute approximate surface area is 161 Å².